The summed E-state index contributed by atoms with van der Waals surface area (Å²) in [6, 6.07) is 2.86. The van der Waals surface area contributed by atoms with Gasteiger partial charge in [-0.05, 0) is 51.9 Å². The maximum absolute atomic E-state index is 10.6. The van der Waals surface area contributed by atoms with E-state index in [1.165, 1.54) is 12.1 Å². The highest BCUT2D eigenvalue weighted by atomic mass is 79.9. The molecule has 0 unspecified atom stereocenters. The first kappa shape index (κ1) is 14.4. The van der Waals surface area contributed by atoms with Crippen LogP contribution in [0.5, 0.6) is 5.75 Å². The molecule has 94 valence electrons. The number of non-ortho nitro benzene ring substituents is 1. The van der Waals surface area contributed by atoms with Gasteiger partial charge < -0.3 is 10.1 Å². The monoisotopic (exact) mass is 366 g/mol. The maximum Gasteiger partial charge on any atom is 0.271 e. The van der Waals surface area contributed by atoms with E-state index in [4.69, 9.17) is 4.74 Å². The first-order chi connectivity index (χ1) is 8.06. The summed E-state index contributed by atoms with van der Waals surface area (Å²) >= 11 is 6.52. The Morgan fingerprint density at radius 1 is 1.41 bits per heavy atom. The molecule has 0 spiro atoms. The minimum absolute atomic E-state index is 0.0197. The number of hydrogen-bond donors (Lipinski definition) is 1. The lowest BCUT2D eigenvalue weighted by Gasteiger charge is -2.09. The molecule has 7 heteroatoms. The third kappa shape index (κ3) is 4.25. The van der Waals surface area contributed by atoms with Crippen molar-refractivity contribution in [3.05, 3.63) is 31.2 Å². The smallest absolute Gasteiger partial charge is 0.271 e. The second-order valence-corrected chi connectivity index (χ2v) is 5.01. The fourth-order valence-corrected chi connectivity index (χ4v) is 2.60. The van der Waals surface area contributed by atoms with E-state index in [0.717, 1.165) is 13.0 Å². The largest absolute Gasteiger partial charge is 0.491 e. The molecule has 0 bridgehead atoms. The van der Waals surface area contributed by atoms with Crippen molar-refractivity contribution in [3.63, 3.8) is 0 Å². The average molecular weight is 368 g/mol. The van der Waals surface area contributed by atoms with Gasteiger partial charge >= 0.3 is 0 Å². The van der Waals surface area contributed by atoms with Crippen molar-refractivity contribution in [1.29, 1.82) is 0 Å². The molecule has 17 heavy (non-hydrogen) atoms. The van der Waals surface area contributed by atoms with Gasteiger partial charge in [0, 0.05) is 12.1 Å². The predicted octanol–water partition coefficient (Wildman–Crippen LogP) is 3.11. The Kier molecular flexibility index (Phi) is 5.87. The van der Waals surface area contributed by atoms with Crippen molar-refractivity contribution < 1.29 is 9.66 Å². The van der Waals surface area contributed by atoms with Crippen molar-refractivity contribution in [2.75, 3.05) is 20.2 Å². The van der Waals surface area contributed by atoms with E-state index in [9.17, 15) is 10.1 Å². The van der Waals surface area contributed by atoms with Gasteiger partial charge in [0.05, 0.1) is 20.5 Å². The van der Waals surface area contributed by atoms with E-state index in [2.05, 4.69) is 37.2 Å². The summed E-state index contributed by atoms with van der Waals surface area (Å²) in [7, 11) is 1.87. The lowest BCUT2D eigenvalue weighted by atomic mass is 10.3. The second-order valence-electron chi connectivity index (χ2n) is 3.30. The van der Waals surface area contributed by atoms with Crippen LogP contribution in [-0.4, -0.2) is 25.1 Å². The zero-order chi connectivity index (χ0) is 12.8. The minimum Gasteiger partial charge on any atom is -0.491 e. The Labute approximate surface area is 116 Å². The van der Waals surface area contributed by atoms with Crippen LogP contribution in [0.1, 0.15) is 6.42 Å². The van der Waals surface area contributed by atoms with Gasteiger partial charge in [-0.2, -0.15) is 0 Å². The van der Waals surface area contributed by atoms with E-state index in [-0.39, 0.29) is 5.69 Å². The van der Waals surface area contributed by atoms with Crippen molar-refractivity contribution in [1.82, 2.24) is 5.32 Å². The molecule has 0 saturated heterocycles. The maximum atomic E-state index is 10.6. The highest BCUT2D eigenvalue weighted by Gasteiger charge is 2.14. The van der Waals surface area contributed by atoms with Crippen LogP contribution in [0.4, 0.5) is 5.69 Å². The predicted molar refractivity (Wildman–Crippen MR) is 72.5 cm³/mol. The number of halogens is 2. The number of hydrogen-bond acceptors (Lipinski definition) is 4. The molecule has 0 aliphatic rings. The Bertz CT molecular complexity index is 390. The second kappa shape index (κ2) is 6.93. The molecule has 1 N–H and O–H groups in total. The van der Waals surface area contributed by atoms with Crippen LogP contribution in [0.3, 0.4) is 0 Å². The van der Waals surface area contributed by atoms with Gasteiger partial charge in [0.15, 0.2) is 0 Å². The van der Waals surface area contributed by atoms with Crippen LogP contribution in [0.15, 0.2) is 21.1 Å². The molecule has 0 amide bonds. The lowest BCUT2D eigenvalue weighted by molar-refractivity contribution is -0.385. The topological polar surface area (TPSA) is 64.4 Å². The molecule has 1 rings (SSSR count). The first-order valence-corrected chi connectivity index (χ1v) is 6.55. The van der Waals surface area contributed by atoms with E-state index < -0.39 is 4.92 Å². The van der Waals surface area contributed by atoms with E-state index in [1.54, 1.807) is 0 Å². The Hall–Kier alpha value is -0.660. The Morgan fingerprint density at radius 3 is 2.47 bits per heavy atom. The standard InChI is InChI=1S/C10H12Br2N2O3/c1-13-3-2-4-17-10-8(11)5-7(14(15)16)6-9(10)12/h5-6,13H,2-4H2,1H3. The van der Waals surface area contributed by atoms with E-state index in [1.807, 2.05) is 7.05 Å². The normalized spacial score (nSPS) is 10.3. The van der Waals surface area contributed by atoms with Crippen LogP contribution in [0.2, 0.25) is 0 Å². The number of nitrogens with one attached hydrogen (secondary N) is 1. The van der Waals surface area contributed by atoms with Crippen molar-refractivity contribution >= 4 is 37.5 Å². The Balaban J connectivity index is 2.76. The number of benzene rings is 1. The summed E-state index contributed by atoms with van der Waals surface area (Å²) in [5.41, 5.74) is 0.0197. The number of nitro groups is 1. The van der Waals surface area contributed by atoms with Crippen molar-refractivity contribution in [3.8, 4) is 5.75 Å². The van der Waals surface area contributed by atoms with Crippen LogP contribution in [-0.2, 0) is 0 Å². The molecular formula is C10H12Br2N2O3. The summed E-state index contributed by atoms with van der Waals surface area (Å²) in [5.74, 6) is 0.590. The summed E-state index contributed by atoms with van der Waals surface area (Å²) in [4.78, 5) is 10.2. The molecule has 0 fully saturated rings. The fourth-order valence-electron chi connectivity index (χ4n) is 1.21. The third-order valence-electron chi connectivity index (χ3n) is 2.01. The highest BCUT2D eigenvalue weighted by molar-refractivity contribution is 9.11. The van der Waals surface area contributed by atoms with Gasteiger partial charge in [-0.15, -0.1) is 0 Å². The third-order valence-corrected chi connectivity index (χ3v) is 3.19. The molecule has 0 aliphatic heterocycles. The first-order valence-electron chi connectivity index (χ1n) is 4.97. The van der Waals surface area contributed by atoms with Gasteiger partial charge in [-0.3, -0.25) is 10.1 Å². The highest BCUT2D eigenvalue weighted by Crippen LogP contribution is 2.37. The molecule has 0 radical (unpaired) electrons. The average Bonchev–Trinajstić information content (AvgIpc) is 2.26. The number of rotatable bonds is 6. The van der Waals surface area contributed by atoms with Gasteiger partial charge in [-0.25, -0.2) is 0 Å². The van der Waals surface area contributed by atoms with Crippen LogP contribution < -0.4 is 10.1 Å². The molecular weight excluding hydrogens is 356 g/mol. The van der Waals surface area contributed by atoms with Crippen LogP contribution in [0.25, 0.3) is 0 Å². The number of ether oxygens (including phenoxy) is 1. The van der Waals surface area contributed by atoms with Gasteiger partial charge in [0.1, 0.15) is 5.75 Å². The SMILES string of the molecule is CNCCCOc1c(Br)cc([N+](=O)[O-])cc1Br. The zero-order valence-corrected chi connectivity index (χ0v) is 12.4. The fraction of sp³-hybridized carbons (Fsp3) is 0.400. The molecule has 0 aliphatic carbocycles. The summed E-state index contributed by atoms with van der Waals surface area (Å²) in [6.45, 7) is 1.41. The summed E-state index contributed by atoms with van der Waals surface area (Å²) in [5, 5.41) is 13.6. The van der Waals surface area contributed by atoms with Crippen LogP contribution in [0, 0.1) is 10.1 Å². The van der Waals surface area contributed by atoms with Crippen molar-refractivity contribution in [2.24, 2.45) is 0 Å². The quantitative estimate of drug-likeness (QED) is 0.476. The number of nitrogens with zero attached hydrogens (tertiary/aromatic N) is 1. The molecule has 1 aromatic rings. The zero-order valence-electron chi connectivity index (χ0n) is 9.20. The van der Waals surface area contributed by atoms with Gasteiger partial charge in [-0.1, -0.05) is 0 Å². The number of nitro benzene ring substituents is 1. The lowest BCUT2D eigenvalue weighted by Crippen LogP contribution is -2.11. The molecule has 5 nitrogen and oxygen atoms in total. The summed E-state index contributed by atoms with van der Waals surface area (Å²) < 4.78 is 6.69. The molecule has 1 aromatic carbocycles. The Morgan fingerprint density at radius 2 is 2.00 bits per heavy atom. The van der Waals surface area contributed by atoms with Gasteiger partial charge in [0.25, 0.3) is 5.69 Å². The molecule has 0 atom stereocenters. The van der Waals surface area contributed by atoms with Crippen molar-refractivity contribution in [2.45, 2.75) is 6.42 Å². The molecule has 0 aromatic heterocycles. The summed E-state index contributed by atoms with van der Waals surface area (Å²) in [6.07, 6.45) is 0.867. The molecule has 0 heterocycles. The molecule has 0 saturated carbocycles. The van der Waals surface area contributed by atoms with Gasteiger partial charge in [0.2, 0.25) is 0 Å². The van der Waals surface area contributed by atoms with E-state index in [0.29, 0.717) is 21.3 Å². The van der Waals surface area contributed by atoms with Crippen LogP contribution >= 0.6 is 31.9 Å². The van der Waals surface area contributed by atoms with E-state index >= 15 is 0 Å². The minimum atomic E-state index is -0.444.